The van der Waals surface area contributed by atoms with E-state index in [0.29, 0.717) is 0 Å². The Morgan fingerprint density at radius 3 is 1.35 bits per heavy atom. The number of aromatic amines is 4. The molecule has 0 amide bonds. The Hall–Kier alpha value is -4.42. The number of nitrogens with zero attached hydrogens (tertiary/aromatic N) is 2. The molecule has 6 heteroatoms. The van der Waals surface area contributed by atoms with Crippen LogP contribution in [0.1, 0.15) is 107 Å². The Morgan fingerprint density at radius 2 is 0.950 bits per heavy atom. The van der Waals surface area contributed by atoms with Crippen molar-refractivity contribution in [2.75, 3.05) is 0 Å². The van der Waals surface area contributed by atoms with Gasteiger partial charge in [0, 0.05) is 67.2 Å². The molecule has 0 saturated carbocycles. The van der Waals surface area contributed by atoms with Crippen molar-refractivity contribution in [3.05, 3.63) is 111 Å². The largest absolute Gasteiger partial charge is 0.361 e. The SMILES string of the molecule is CC1(C)c2ccc([nH]2)C(C)(C)c2ccc([nH]2)C(C)(C)c2[nH]c(cc2/C=C/C=C(C#N)C#N)C(C)(C)c2ccc1[nH]2. The third-order valence-electron chi connectivity index (χ3n) is 9.02. The van der Waals surface area contributed by atoms with Gasteiger partial charge in [-0.05, 0) is 109 Å². The minimum absolute atomic E-state index is 0.0729. The van der Waals surface area contributed by atoms with E-state index in [4.69, 9.17) is 0 Å². The molecule has 0 spiro atoms. The van der Waals surface area contributed by atoms with Crippen LogP contribution in [0.3, 0.4) is 0 Å². The number of hydrogen-bond donors (Lipinski definition) is 4. The fraction of sp³-hybridized carbons (Fsp3) is 0.353. The summed E-state index contributed by atoms with van der Waals surface area (Å²) in [5.74, 6) is 0. The monoisotopic (exact) mass is 530 g/mol. The molecular formula is C34H38N6. The van der Waals surface area contributed by atoms with E-state index in [2.05, 4.69) is 118 Å². The third kappa shape index (κ3) is 4.16. The zero-order valence-electron chi connectivity index (χ0n) is 24.7. The molecule has 0 saturated heterocycles. The maximum Gasteiger partial charge on any atom is 0.129 e. The van der Waals surface area contributed by atoms with Gasteiger partial charge in [-0.2, -0.15) is 10.5 Å². The Morgan fingerprint density at radius 1 is 0.575 bits per heavy atom. The first kappa shape index (κ1) is 27.2. The van der Waals surface area contributed by atoms with Crippen LogP contribution in [0.2, 0.25) is 0 Å². The average Bonchev–Trinajstić information content (AvgIpc) is 3.71. The van der Waals surface area contributed by atoms with E-state index in [0.717, 1.165) is 51.1 Å². The van der Waals surface area contributed by atoms with Crippen molar-refractivity contribution in [1.29, 1.82) is 10.5 Å². The van der Waals surface area contributed by atoms with Crippen molar-refractivity contribution in [2.24, 2.45) is 0 Å². The first-order valence-electron chi connectivity index (χ1n) is 13.8. The molecule has 5 heterocycles. The number of hydrogen-bond acceptors (Lipinski definition) is 2. The Balaban J connectivity index is 1.76. The van der Waals surface area contributed by atoms with Crippen LogP contribution < -0.4 is 0 Å². The van der Waals surface area contributed by atoms with Crippen LogP contribution in [0.5, 0.6) is 0 Å². The lowest BCUT2D eigenvalue weighted by molar-refractivity contribution is 0.545. The number of nitrogens with one attached hydrogen (secondary N) is 4. The van der Waals surface area contributed by atoms with Crippen molar-refractivity contribution in [1.82, 2.24) is 19.9 Å². The third-order valence-corrected chi connectivity index (χ3v) is 9.02. The number of nitriles is 2. The van der Waals surface area contributed by atoms with E-state index < -0.39 is 0 Å². The van der Waals surface area contributed by atoms with Crippen LogP contribution in [0.15, 0.2) is 60.2 Å². The van der Waals surface area contributed by atoms with Crippen LogP contribution in [0, 0.1) is 22.7 Å². The van der Waals surface area contributed by atoms with Gasteiger partial charge in [-0.1, -0.05) is 12.2 Å². The summed E-state index contributed by atoms with van der Waals surface area (Å²) in [5, 5.41) is 18.4. The molecule has 5 rings (SSSR count). The number of allylic oxidation sites excluding steroid dienone is 3. The lowest BCUT2D eigenvalue weighted by Crippen LogP contribution is -2.26. The molecule has 4 aromatic heterocycles. The Bertz CT molecular complexity index is 1710. The lowest BCUT2D eigenvalue weighted by Gasteiger charge is -2.28. The van der Waals surface area contributed by atoms with Gasteiger partial charge in [-0.25, -0.2) is 0 Å². The maximum absolute atomic E-state index is 9.18. The quantitative estimate of drug-likeness (QED) is 0.158. The molecule has 4 aromatic rings. The minimum Gasteiger partial charge on any atom is -0.361 e. The molecule has 6 nitrogen and oxygen atoms in total. The van der Waals surface area contributed by atoms with Gasteiger partial charge >= 0.3 is 0 Å². The molecule has 1 aliphatic heterocycles. The topological polar surface area (TPSA) is 111 Å². The highest BCUT2D eigenvalue weighted by Gasteiger charge is 2.37. The van der Waals surface area contributed by atoms with E-state index in [9.17, 15) is 10.5 Å². The van der Waals surface area contributed by atoms with Crippen LogP contribution >= 0.6 is 0 Å². The van der Waals surface area contributed by atoms with E-state index >= 15 is 0 Å². The van der Waals surface area contributed by atoms with Gasteiger partial charge in [0.15, 0.2) is 0 Å². The van der Waals surface area contributed by atoms with Crippen molar-refractivity contribution in [2.45, 2.75) is 77.0 Å². The van der Waals surface area contributed by atoms with Gasteiger partial charge in [-0.15, -0.1) is 0 Å². The van der Waals surface area contributed by atoms with Gasteiger partial charge in [0.25, 0.3) is 0 Å². The van der Waals surface area contributed by atoms with Crippen molar-refractivity contribution < 1.29 is 0 Å². The van der Waals surface area contributed by atoms with E-state index in [-0.39, 0.29) is 27.2 Å². The van der Waals surface area contributed by atoms with Crippen molar-refractivity contribution in [3.63, 3.8) is 0 Å². The van der Waals surface area contributed by atoms with Crippen LogP contribution in [0.25, 0.3) is 6.08 Å². The number of rotatable bonds is 2. The summed E-state index contributed by atoms with van der Waals surface area (Å²) in [5.41, 5.74) is 8.81. The second-order valence-electron chi connectivity index (χ2n) is 13.0. The highest BCUT2D eigenvalue weighted by molar-refractivity contribution is 5.60. The summed E-state index contributed by atoms with van der Waals surface area (Å²) in [6.07, 6.45) is 5.32. The second-order valence-corrected chi connectivity index (χ2v) is 13.0. The molecule has 8 bridgehead atoms. The molecule has 1 aliphatic rings. The molecule has 40 heavy (non-hydrogen) atoms. The molecule has 204 valence electrons. The van der Waals surface area contributed by atoms with Gasteiger partial charge in [0.2, 0.25) is 0 Å². The van der Waals surface area contributed by atoms with Gasteiger partial charge in [-0.3, -0.25) is 0 Å². The zero-order chi connectivity index (χ0) is 29.1. The number of H-pyrrole nitrogens is 4. The zero-order valence-corrected chi connectivity index (χ0v) is 24.7. The summed E-state index contributed by atoms with van der Waals surface area (Å²) in [6.45, 7) is 17.9. The first-order valence-corrected chi connectivity index (χ1v) is 13.8. The Labute approximate surface area is 236 Å². The lowest BCUT2D eigenvalue weighted by atomic mass is 9.83. The molecule has 0 unspecified atom stereocenters. The van der Waals surface area contributed by atoms with Crippen molar-refractivity contribution >= 4 is 6.08 Å². The molecular weight excluding hydrogens is 492 g/mol. The predicted molar refractivity (Wildman–Crippen MR) is 160 cm³/mol. The van der Waals surface area contributed by atoms with E-state index in [1.165, 1.54) is 0 Å². The van der Waals surface area contributed by atoms with E-state index in [1.54, 1.807) is 12.2 Å². The minimum atomic E-state index is -0.389. The summed E-state index contributed by atoms with van der Waals surface area (Å²) in [7, 11) is 0. The Kier molecular flexibility index (Phi) is 6.16. The summed E-state index contributed by atoms with van der Waals surface area (Å²) in [4.78, 5) is 15.1. The number of aromatic nitrogens is 4. The highest BCUT2D eigenvalue weighted by Crippen LogP contribution is 2.42. The van der Waals surface area contributed by atoms with Crippen molar-refractivity contribution in [3.8, 4) is 12.1 Å². The molecule has 0 aliphatic carbocycles. The standard InChI is InChI=1S/C34H38N6/c1-31(2)23-12-13-24(37-23)32(3,4)26-16-17-28(39-26)34(7,8)30-22(11-9-10-21(19-35)20-36)18-29(40-30)33(5,6)27-15-14-25(31)38-27/h9-18,37-40H,1-8H3/b11-9+. The normalized spacial score (nSPS) is 18.1. The average molecular weight is 531 g/mol. The van der Waals surface area contributed by atoms with Crippen LogP contribution in [-0.4, -0.2) is 19.9 Å². The predicted octanol–water partition coefficient (Wildman–Crippen LogP) is 7.60. The van der Waals surface area contributed by atoms with Crippen LogP contribution in [-0.2, 0) is 21.7 Å². The fourth-order valence-corrected chi connectivity index (χ4v) is 5.75. The maximum atomic E-state index is 9.18. The summed E-state index contributed by atoms with van der Waals surface area (Å²) >= 11 is 0. The van der Waals surface area contributed by atoms with Gasteiger partial charge in [0.05, 0.1) is 0 Å². The molecule has 4 N–H and O–H groups in total. The molecule has 0 atom stereocenters. The smallest absolute Gasteiger partial charge is 0.129 e. The second kappa shape index (κ2) is 9.07. The van der Waals surface area contributed by atoms with E-state index in [1.807, 2.05) is 18.2 Å². The molecule has 0 radical (unpaired) electrons. The first-order chi connectivity index (χ1) is 18.7. The fourth-order valence-electron chi connectivity index (χ4n) is 5.75. The molecule has 0 fully saturated rings. The summed E-state index contributed by atoms with van der Waals surface area (Å²) in [6, 6.07) is 19.2. The highest BCUT2D eigenvalue weighted by atomic mass is 14.9. The van der Waals surface area contributed by atoms with Gasteiger partial charge in [0.1, 0.15) is 17.7 Å². The molecule has 0 aromatic carbocycles. The summed E-state index contributed by atoms with van der Waals surface area (Å²) < 4.78 is 0. The van der Waals surface area contributed by atoms with Crippen LogP contribution in [0.4, 0.5) is 0 Å². The number of fused-ring (bicyclic) bond motifs is 8. The van der Waals surface area contributed by atoms with Gasteiger partial charge < -0.3 is 19.9 Å².